The highest BCUT2D eigenvalue weighted by Gasteiger charge is 2.23. The molecular weight excluding hydrogens is 258 g/mol. The minimum Gasteiger partial charge on any atom is -0.507 e. The minimum atomic E-state index is 0.196. The molecule has 3 rings (SSSR count). The first-order chi connectivity index (χ1) is 9.25. The average Bonchev–Trinajstić information content (AvgIpc) is 2.44. The average molecular weight is 276 g/mol. The van der Waals surface area contributed by atoms with Crippen LogP contribution in [-0.2, 0) is 0 Å². The van der Waals surface area contributed by atoms with Crippen LogP contribution in [0.25, 0.3) is 10.8 Å². The smallest absolute Gasteiger partial charge is 0.123 e. The van der Waals surface area contributed by atoms with Crippen LogP contribution in [0.1, 0.15) is 25.7 Å². The maximum absolute atomic E-state index is 9.90. The van der Waals surface area contributed by atoms with Crippen LogP contribution in [0.15, 0.2) is 36.4 Å². The van der Waals surface area contributed by atoms with Gasteiger partial charge in [-0.25, -0.2) is 0 Å². The van der Waals surface area contributed by atoms with Crippen molar-refractivity contribution in [3.05, 3.63) is 36.4 Å². The van der Waals surface area contributed by atoms with Gasteiger partial charge in [-0.3, -0.25) is 0 Å². The third-order valence-corrected chi connectivity index (χ3v) is 4.45. The summed E-state index contributed by atoms with van der Waals surface area (Å²) in [7, 11) is 0. The van der Waals surface area contributed by atoms with E-state index in [1.165, 1.54) is 12.8 Å². The van der Waals surface area contributed by atoms with Crippen LogP contribution < -0.4 is 5.32 Å². The summed E-state index contributed by atoms with van der Waals surface area (Å²) in [6, 6.07) is 11.9. The predicted octanol–water partition coefficient (Wildman–Crippen LogP) is 4.51. The van der Waals surface area contributed by atoms with E-state index < -0.39 is 0 Å². The van der Waals surface area contributed by atoms with Crippen LogP contribution in [-0.4, -0.2) is 16.5 Å². The van der Waals surface area contributed by atoms with Gasteiger partial charge in [-0.2, -0.15) is 0 Å². The summed E-state index contributed by atoms with van der Waals surface area (Å²) in [6.45, 7) is 0. The molecule has 19 heavy (non-hydrogen) atoms. The number of anilines is 1. The van der Waals surface area contributed by atoms with Crippen molar-refractivity contribution in [1.29, 1.82) is 0 Å². The molecule has 1 fully saturated rings. The van der Waals surface area contributed by atoms with Gasteiger partial charge in [0.2, 0.25) is 0 Å². The lowest BCUT2D eigenvalue weighted by Gasteiger charge is -2.29. The maximum atomic E-state index is 9.90. The van der Waals surface area contributed by atoms with Crippen molar-refractivity contribution >= 4 is 28.1 Å². The van der Waals surface area contributed by atoms with Crippen LogP contribution in [0.4, 0.5) is 5.69 Å². The lowest BCUT2D eigenvalue weighted by Crippen LogP contribution is -2.32. The molecule has 1 aliphatic carbocycles. The fourth-order valence-electron chi connectivity index (χ4n) is 2.86. The van der Waals surface area contributed by atoms with Crippen molar-refractivity contribution in [3.8, 4) is 5.75 Å². The summed E-state index contributed by atoms with van der Waals surface area (Å²) in [5.74, 6) is 0.326. The molecule has 0 aromatic heterocycles. The van der Waals surface area contributed by atoms with Crippen molar-refractivity contribution in [2.24, 2.45) is 0 Å². The van der Waals surface area contributed by atoms with E-state index in [0.29, 0.717) is 11.8 Å². The highest BCUT2D eigenvalue weighted by Crippen LogP contribution is 2.33. The number of halogens is 1. The first-order valence-electron chi connectivity index (χ1n) is 6.87. The van der Waals surface area contributed by atoms with Gasteiger partial charge in [-0.1, -0.05) is 37.1 Å². The minimum absolute atomic E-state index is 0.196. The number of nitrogens with one attached hydrogen (secondary N) is 1. The van der Waals surface area contributed by atoms with Gasteiger partial charge < -0.3 is 10.4 Å². The molecule has 0 aliphatic heterocycles. The van der Waals surface area contributed by atoms with E-state index in [2.05, 4.69) is 5.32 Å². The zero-order chi connectivity index (χ0) is 13.2. The van der Waals surface area contributed by atoms with Crippen molar-refractivity contribution < 1.29 is 5.11 Å². The maximum Gasteiger partial charge on any atom is 0.123 e. The molecular formula is C16H18ClNO. The zero-order valence-corrected chi connectivity index (χ0v) is 11.5. The number of hydrogen-bond acceptors (Lipinski definition) is 2. The second-order valence-corrected chi connectivity index (χ2v) is 5.79. The summed E-state index contributed by atoms with van der Waals surface area (Å²) in [5, 5.41) is 15.6. The normalized spacial score (nSPS) is 23.4. The number of phenolic OH excluding ortho intramolecular Hbond substituents is 1. The Morgan fingerprint density at radius 1 is 1.00 bits per heavy atom. The van der Waals surface area contributed by atoms with Crippen molar-refractivity contribution in [1.82, 2.24) is 0 Å². The number of phenols is 1. The Labute approximate surface area is 118 Å². The van der Waals surface area contributed by atoms with Crippen LogP contribution >= 0.6 is 11.6 Å². The number of hydrogen-bond donors (Lipinski definition) is 2. The van der Waals surface area contributed by atoms with Gasteiger partial charge in [0, 0.05) is 22.5 Å². The van der Waals surface area contributed by atoms with E-state index in [9.17, 15) is 5.11 Å². The summed E-state index contributed by atoms with van der Waals surface area (Å²) in [4.78, 5) is 0. The van der Waals surface area contributed by atoms with Gasteiger partial charge in [-0.05, 0) is 25.0 Å². The molecule has 0 heterocycles. The van der Waals surface area contributed by atoms with Gasteiger partial charge in [0.1, 0.15) is 5.75 Å². The first-order valence-corrected chi connectivity index (χ1v) is 7.30. The molecule has 2 N–H and O–H groups in total. The molecule has 0 amide bonds. The molecule has 0 spiro atoms. The Morgan fingerprint density at radius 2 is 1.74 bits per heavy atom. The molecule has 2 aromatic rings. The molecule has 2 atom stereocenters. The number of benzene rings is 2. The first kappa shape index (κ1) is 12.6. The van der Waals surface area contributed by atoms with Crippen LogP contribution in [0.2, 0.25) is 0 Å². The van der Waals surface area contributed by atoms with Crippen molar-refractivity contribution in [2.45, 2.75) is 37.1 Å². The molecule has 1 aliphatic rings. The fourth-order valence-corrected chi connectivity index (χ4v) is 3.20. The molecule has 100 valence electrons. The Bertz CT molecular complexity index is 584. The SMILES string of the molecule is Oc1ccc(NC2CCCCC2Cl)c2ccccc12. The highest BCUT2D eigenvalue weighted by atomic mass is 35.5. The van der Waals surface area contributed by atoms with Crippen LogP contribution in [0.3, 0.4) is 0 Å². The standard InChI is InChI=1S/C16H18ClNO/c17-13-7-3-4-8-15(13)18-14-9-10-16(19)12-6-2-1-5-11(12)14/h1-2,5-6,9-10,13,15,18-19H,3-4,7-8H2. The molecule has 2 aromatic carbocycles. The Hall–Kier alpha value is -1.41. The summed E-state index contributed by atoms with van der Waals surface area (Å²) in [6.07, 6.45) is 4.65. The largest absolute Gasteiger partial charge is 0.507 e. The van der Waals surface area contributed by atoms with Gasteiger partial charge in [0.15, 0.2) is 0 Å². The van der Waals surface area contributed by atoms with Gasteiger partial charge in [-0.15, -0.1) is 11.6 Å². The lowest BCUT2D eigenvalue weighted by atomic mass is 9.94. The second kappa shape index (κ2) is 5.30. The summed E-state index contributed by atoms with van der Waals surface area (Å²) < 4.78 is 0. The van der Waals surface area contributed by atoms with E-state index in [0.717, 1.165) is 29.3 Å². The Balaban J connectivity index is 1.94. The number of alkyl halides is 1. The molecule has 3 heteroatoms. The third-order valence-electron chi connectivity index (χ3n) is 3.92. The second-order valence-electron chi connectivity index (χ2n) is 5.23. The summed E-state index contributed by atoms with van der Waals surface area (Å²) >= 11 is 6.40. The molecule has 1 saturated carbocycles. The molecule has 0 radical (unpaired) electrons. The Kier molecular flexibility index (Phi) is 3.52. The number of aromatic hydroxyl groups is 1. The summed E-state index contributed by atoms with van der Waals surface area (Å²) in [5.41, 5.74) is 1.06. The number of rotatable bonds is 2. The predicted molar refractivity (Wildman–Crippen MR) is 81.1 cm³/mol. The molecule has 0 bridgehead atoms. The lowest BCUT2D eigenvalue weighted by molar-refractivity contribution is 0.469. The number of fused-ring (bicyclic) bond motifs is 1. The van der Waals surface area contributed by atoms with Gasteiger partial charge in [0.05, 0.1) is 5.38 Å². The van der Waals surface area contributed by atoms with Gasteiger partial charge in [0.25, 0.3) is 0 Å². The van der Waals surface area contributed by atoms with E-state index in [-0.39, 0.29) is 5.38 Å². The van der Waals surface area contributed by atoms with E-state index >= 15 is 0 Å². The monoisotopic (exact) mass is 275 g/mol. The van der Waals surface area contributed by atoms with Crippen LogP contribution in [0.5, 0.6) is 5.75 Å². The fraction of sp³-hybridized carbons (Fsp3) is 0.375. The van der Waals surface area contributed by atoms with Crippen LogP contribution in [0, 0.1) is 0 Å². The van der Waals surface area contributed by atoms with E-state index in [1.807, 2.05) is 30.3 Å². The third kappa shape index (κ3) is 2.50. The van der Waals surface area contributed by atoms with E-state index in [4.69, 9.17) is 11.6 Å². The van der Waals surface area contributed by atoms with Crippen molar-refractivity contribution in [2.75, 3.05) is 5.32 Å². The quantitative estimate of drug-likeness (QED) is 0.624. The molecule has 0 saturated heterocycles. The van der Waals surface area contributed by atoms with E-state index in [1.54, 1.807) is 6.07 Å². The Morgan fingerprint density at radius 3 is 2.53 bits per heavy atom. The van der Waals surface area contributed by atoms with Crippen molar-refractivity contribution in [3.63, 3.8) is 0 Å². The highest BCUT2D eigenvalue weighted by molar-refractivity contribution is 6.21. The zero-order valence-electron chi connectivity index (χ0n) is 10.8. The topological polar surface area (TPSA) is 32.3 Å². The van der Waals surface area contributed by atoms with Gasteiger partial charge >= 0.3 is 0 Å². The molecule has 2 unspecified atom stereocenters. The molecule has 2 nitrogen and oxygen atoms in total.